The highest BCUT2D eigenvalue weighted by Gasteiger charge is 2.16. The van der Waals surface area contributed by atoms with E-state index < -0.39 is 0 Å². The smallest absolute Gasteiger partial charge is 0.0218 e. The van der Waals surface area contributed by atoms with Crippen molar-refractivity contribution in [2.75, 3.05) is 19.6 Å². The minimum Gasteiger partial charge on any atom is -0.315 e. The molecule has 2 atom stereocenters. The summed E-state index contributed by atoms with van der Waals surface area (Å²) in [4.78, 5) is 0. The Labute approximate surface area is 103 Å². The van der Waals surface area contributed by atoms with Crippen molar-refractivity contribution in [3.8, 4) is 0 Å². The molecular formula is C14H32N2. The van der Waals surface area contributed by atoms with Crippen LogP contribution in [0.2, 0.25) is 0 Å². The van der Waals surface area contributed by atoms with E-state index in [4.69, 9.17) is 0 Å². The highest BCUT2D eigenvalue weighted by molar-refractivity contribution is 4.76. The van der Waals surface area contributed by atoms with Gasteiger partial charge in [0, 0.05) is 12.6 Å². The molecule has 0 saturated carbocycles. The van der Waals surface area contributed by atoms with Gasteiger partial charge >= 0.3 is 0 Å². The first-order chi connectivity index (χ1) is 7.61. The Balaban J connectivity index is 3.96. The summed E-state index contributed by atoms with van der Waals surface area (Å²) in [6, 6.07) is 0.633. The molecule has 0 fully saturated rings. The van der Waals surface area contributed by atoms with Gasteiger partial charge < -0.3 is 10.6 Å². The molecule has 0 rings (SSSR count). The Bertz CT molecular complexity index is 146. The summed E-state index contributed by atoms with van der Waals surface area (Å²) in [5, 5.41) is 7.21. The van der Waals surface area contributed by atoms with E-state index in [0.717, 1.165) is 31.5 Å². The number of rotatable bonds is 10. The number of hydrogen-bond acceptors (Lipinski definition) is 2. The third-order valence-electron chi connectivity index (χ3n) is 2.98. The van der Waals surface area contributed by atoms with Crippen LogP contribution in [0.1, 0.15) is 53.9 Å². The minimum absolute atomic E-state index is 0.633. The molecule has 0 bridgehead atoms. The minimum atomic E-state index is 0.633. The van der Waals surface area contributed by atoms with Crippen LogP contribution in [-0.2, 0) is 0 Å². The van der Waals surface area contributed by atoms with Crippen molar-refractivity contribution in [1.82, 2.24) is 10.6 Å². The SMILES string of the molecule is CCCNCC(NCCC)C(C)CC(C)C. The van der Waals surface area contributed by atoms with Gasteiger partial charge in [-0.3, -0.25) is 0 Å². The van der Waals surface area contributed by atoms with Crippen LogP contribution in [0.3, 0.4) is 0 Å². The lowest BCUT2D eigenvalue weighted by Gasteiger charge is -2.27. The maximum absolute atomic E-state index is 3.67. The van der Waals surface area contributed by atoms with Gasteiger partial charge in [-0.05, 0) is 44.2 Å². The Kier molecular flexibility index (Phi) is 10.0. The van der Waals surface area contributed by atoms with E-state index in [9.17, 15) is 0 Å². The molecule has 2 unspecified atom stereocenters. The van der Waals surface area contributed by atoms with E-state index in [2.05, 4.69) is 45.3 Å². The second-order valence-corrected chi connectivity index (χ2v) is 5.37. The monoisotopic (exact) mass is 228 g/mol. The molecule has 0 aromatic rings. The van der Waals surface area contributed by atoms with Crippen molar-refractivity contribution in [2.24, 2.45) is 11.8 Å². The molecule has 0 spiro atoms. The van der Waals surface area contributed by atoms with Crippen LogP contribution in [-0.4, -0.2) is 25.7 Å². The number of nitrogens with one attached hydrogen (secondary N) is 2. The maximum atomic E-state index is 3.67. The molecule has 0 aliphatic heterocycles. The van der Waals surface area contributed by atoms with Gasteiger partial charge in [-0.15, -0.1) is 0 Å². The molecule has 0 aromatic carbocycles. The molecule has 98 valence electrons. The lowest BCUT2D eigenvalue weighted by atomic mass is 9.92. The molecule has 0 radical (unpaired) electrons. The molecule has 2 heteroatoms. The molecule has 0 aliphatic carbocycles. The molecule has 0 aromatic heterocycles. The van der Waals surface area contributed by atoms with Crippen molar-refractivity contribution >= 4 is 0 Å². The average molecular weight is 228 g/mol. The van der Waals surface area contributed by atoms with Gasteiger partial charge in [-0.1, -0.05) is 34.6 Å². The van der Waals surface area contributed by atoms with E-state index >= 15 is 0 Å². The Morgan fingerprint density at radius 1 is 0.938 bits per heavy atom. The topological polar surface area (TPSA) is 24.1 Å². The van der Waals surface area contributed by atoms with Crippen LogP contribution in [0, 0.1) is 11.8 Å². The second-order valence-electron chi connectivity index (χ2n) is 5.37. The molecular weight excluding hydrogens is 196 g/mol. The normalized spacial score (nSPS) is 15.4. The van der Waals surface area contributed by atoms with Crippen LogP contribution in [0.15, 0.2) is 0 Å². The van der Waals surface area contributed by atoms with Crippen LogP contribution < -0.4 is 10.6 Å². The first-order valence-electron chi connectivity index (χ1n) is 7.05. The first kappa shape index (κ1) is 15.9. The predicted molar refractivity (Wildman–Crippen MR) is 73.9 cm³/mol. The summed E-state index contributed by atoms with van der Waals surface area (Å²) in [6.07, 6.45) is 3.76. The summed E-state index contributed by atoms with van der Waals surface area (Å²) in [7, 11) is 0. The van der Waals surface area contributed by atoms with E-state index in [1.54, 1.807) is 0 Å². The third-order valence-corrected chi connectivity index (χ3v) is 2.98. The quantitative estimate of drug-likeness (QED) is 0.562. The molecule has 0 aliphatic rings. The van der Waals surface area contributed by atoms with Crippen molar-refractivity contribution in [2.45, 2.75) is 59.9 Å². The van der Waals surface area contributed by atoms with Crippen LogP contribution in [0.25, 0.3) is 0 Å². The zero-order chi connectivity index (χ0) is 12.4. The zero-order valence-electron chi connectivity index (χ0n) is 12.0. The highest BCUT2D eigenvalue weighted by atomic mass is 15.0. The standard InChI is InChI=1S/C14H32N2/c1-6-8-15-11-14(16-9-7-2)13(5)10-12(3)4/h12-16H,6-11H2,1-5H3. The van der Waals surface area contributed by atoms with E-state index in [0.29, 0.717) is 6.04 Å². The van der Waals surface area contributed by atoms with Crippen molar-refractivity contribution in [3.05, 3.63) is 0 Å². The summed E-state index contributed by atoms with van der Waals surface area (Å²) in [5.41, 5.74) is 0. The largest absolute Gasteiger partial charge is 0.315 e. The van der Waals surface area contributed by atoms with Gasteiger partial charge in [0.15, 0.2) is 0 Å². The summed E-state index contributed by atoms with van der Waals surface area (Å²) in [6.45, 7) is 14.8. The molecule has 0 amide bonds. The van der Waals surface area contributed by atoms with Gasteiger partial charge in [0.25, 0.3) is 0 Å². The lowest BCUT2D eigenvalue weighted by Crippen LogP contribution is -2.44. The fraction of sp³-hybridized carbons (Fsp3) is 1.00. The lowest BCUT2D eigenvalue weighted by molar-refractivity contribution is 0.313. The Hall–Kier alpha value is -0.0800. The predicted octanol–water partition coefficient (Wildman–Crippen LogP) is 3.04. The Morgan fingerprint density at radius 2 is 1.56 bits per heavy atom. The molecule has 2 N–H and O–H groups in total. The highest BCUT2D eigenvalue weighted by Crippen LogP contribution is 2.14. The molecule has 0 heterocycles. The maximum Gasteiger partial charge on any atom is 0.0218 e. The molecule has 0 saturated heterocycles. The van der Waals surface area contributed by atoms with Gasteiger partial charge in [-0.25, -0.2) is 0 Å². The first-order valence-corrected chi connectivity index (χ1v) is 7.05. The molecule has 16 heavy (non-hydrogen) atoms. The summed E-state index contributed by atoms with van der Waals surface area (Å²) in [5.74, 6) is 1.56. The fourth-order valence-electron chi connectivity index (χ4n) is 2.15. The van der Waals surface area contributed by atoms with Crippen molar-refractivity contribution < 1.29 is 0 Å². The van der Waals surface area contributed by atoms with Crippen LogP contribution >= 0.6 is 0 Å². The van der Waals surface area contributed by atoms with E-state index in [1.165, 1.54) is 19.3 Å². The third kappa shape index (κ3) is 8.12. The summed E-state index contributed by atoms with van der Waals surface area (Å²) < 4.78 is 0. The van der Waals surface area contributed by atoms with Crippen LogP contribution in [0.4, 0.5) is 0 Å². The number of hydrogen-bond donors (Lipinski definition) is 2. The fourth-order valence-corrected chi connectivity index (χ4v) is 2.15. The summed E-state index contributed by atoms with van der Waals surface area (Å²) >= 11 is 0. The van der Waals surface area contributed by atoms with E-state index in [1.807, 2.05) is 0 Å². The van der Waals surface area contributed by atoms with Gasteiger partial charge in [0.05, 0.1) is 0 Å². The van der Waals surface area contributed by atoms with Gasteiger partial charge in [0.2, 0.25) is 0 Å². The average Bonchev–Trinajstić information content (AvgIpc) is 2.22. The van der Waals surface area contributed by atoms with Gasteiger partial charge in [0.1, 0.15) is 0 Å². The van der Waals surface area contributed by atoms with Crippen molar-refractivity contribution in [3.63, 3.8) is 0 Å². The van der Waals surface area contributed by atoms with Crippen molar-refractivity contribution in [1.29, 1.82) is 0 Å². The van der Waals surface area contributed by atoms with Gasteiger partial charge in [-0.2, -0.15) is 0 Å². The van der Waals surface area contributed by atoms with E-state index in [-0.39, 0.29) is 0 Å². The van der Waals surface area contributed by atoms with Crippen LogP contribution in [0.5, 0.6) is 0 Å². The molecule has 2 nitrogen and oxygen atoms in total. The Morgan fingerprint density at radius 3 is 2.06 bits per heavy atom. The zero-order valence-corrected chi connectivity index (χ0v) is 12.0. The second kappa shape index (κ2) is 10.1.